The molecule has 2 N–H and O–H groups in total. The average Bonchev–Trinajstić information content (AvgIpc) is 3.72. The van der Waals surface area contributed by atoms with Crippen LogP contribution in [0.1, 0.15) is 71.7 Å². The summed E-state index contributed by atoms with van der Waals surface area (Å²) in [4.78, 5) is 61.6. The van der Waals surface area contributed by atoms with Crippen molar-refractivity contribution in [1.82, 2.24) is 4.90 Å². The second kappa shape index (κ2) is 16.9. The molecule has 4 aromatic carbocycles. The fourth-order valence-corrected chi connectivity index (χ4v) is 9.26. The summed E-state index contributed by atoms with van der Waals surface area (Å²) in [5.41, 5.74) is 1.48. The number of benzene rings is 4. The standard InChI is InChI=1S/C47H44N2O10/c1-56-26-27-58-46(55)48-37-23-22-31(21-20-30-12-5-2-6-13-30)28-36(37)47(45(48)54)38(43(51)52)40-44(53)59-41(33-16-9-4-10-17-33)39(32-14-7-3-8-15-32)49(40)42(47)34-18-11-19-35(29-34)57-25-24-50/h3-4,7-12,14-19,22-23,28-29,38-42,50H,2,5-6,13,24-27H2,1H3,(H,51,52). The van der Waals surface area contributed by atoms with E-state index in [9.17, 15) is 24.6 Å². The lowest BCUT2D eigenvalue weighted by molar-refractivity contribution is -0.179. The van der Waals surface area contributed by atoms with E-state index < -0.39 is 59.5 Å². The van der Waals surface area contributed by atoms with Gasteiger partial charge in [0.15, 0.2) is 0 Å². The third kappa shape index (κ3) is 7.05. The molecular weight excluding hydrogens is 753 g/mol. The number of carboxylic acid groups (broad SMARTS) is 1. The molecule has 3 aliphatic heterocycles. The zero-order valence-electron chi connectivity index (χ0n) is 32.5. The number of carboxylic acids is 1. The van der Waals surface area contributed by atoms with Gasteiger partial charge in [0.1, 0.15) is 42.4 Å². The quantitative estimate of drug-likeness (QED) is 0.104. The largest absolute Gasteiger partial charge is 0.491 e. The van der Waals surface area contributed by atoms with Gasteiger partial charge >= 0.3 is 18.0 Å². The molecule has 0 aromatic heterocycles. The van der Waals surface area contributed by atoms with Crippen molar-refractivity contribution in [3.8, 4) is 17.6 Å². The number of amides is 2. The summed E-state index contributed by atoms with van der Waals surface area (Å²) < 4.78 is 22.9. The first-order chi connectivity index (χ1) is 28.8. The van der Waals surface area contributed by atoms with Crippen LogP contribution in [0.4, 0.5) is 10.5 Å². The Balaban J connectivity index is 1.43. The molecule has 59 heavy (non-hydrogen) atoms. The van der Waals surface area contributed by atoms with Crippen LogP contribution < -0.4 is 9.64 Å². The van der Waals surface area contributed by atoms with E-state index in [1.165, 1.54) is 7.11 Å². The van der Waals surface area contributed by atoms with E-state index in [2.05, 4.69) is 17.9 Å². The van der Waals surface area contributed by atoms with Crippen molar-refractivity contribution < 1.29 is 48.3 Å². The molecule has 12 nitrogen and oxygen atoms in total. The Morgan fingerprint density at radius 1 is 0.847 bits per heavy atom. The highest BCUT2D eigenvalue weighted by atomic mass is 16.6. The Morgan fingerprint density at radius 3 is 2.29 bits per heavy atom. The predicted octanol–water partition coefficient (Wildman–Crippen LogP) is 6.44. The molecule has 2 amide bonds. The van der Waals surface area contributed by atoms with E-state index in [1.807, 2.05) is 60.7 Å². The van der Waals surface area contributed by atoms with Crippen LogP contribution in [-0.4, -0.2) is 78.6 Å². The first kappa shape index (κ1) is 39.6. The fraction of sp³-hybridized carbons (Fsp3) is 0.319. The van der Waals surface area contributed by atoms with E-state index in [0.717, 1.165) is 36.2 Å². The third-order valence-electron chi connectivity index (χ3n) is 11.6. The van der Waals surface area contributed by atoms with Gasteiger partial charge in [0.2, 0.25) is 5.91 Å². The summed E-state index contributed by atoms with van der Waals surface area (Å²) in [7, 11) is 1.45. The Hall–Kier alpha value is -6.26. The van der Waals surface area contributed by atoms with Crippen LogP contribution in [0.3, 0.4) is 0 Å². The van der Waals surface area contributed by atoms with Crippen molar-refractivity contribution in [2.45, 2.75) is 55.3 Å². The number of morpholine rings is 1. The molecule has 1 aliphatic carbocycles. The smallest absolute Gasteiger partial charge is 0.421 e. The molecule has 302 valence electrons. The number of allylic oxidation sites excluding steroid dienone is 2. The normalized spacial score (nSPS) is 24.7. The van der Waals surface area contributed by atoms with Crippen LogP contribution in [0.25, 0.3) is 0 Å². The number of nitrogens with zero attached hydrogens (tertiary/aromatic N) is 2. The van der Waals surface area contributed by atoms with Crippen LogP contribution >= 0.6 is 0 Å². The summed E-state index contributed by atoms with van der Waals surface area (Å²) in [5.74, 6) is 1.94. The number of cyclic esters (lactones) is 1. The highest BCUT2D eigenvalue weighted by Gasteiger charge is 2.76. The number of carbonyl (C=O) groups is 4. The summed E-state index contributed by atoms with van der Waals surface area (Å²) in [6.07, 6.45) is 4.03. The van der Waals surface area contributed by atoms with Gasteiger partial charge in [-0.3, -0.25) is 19.3 Å². The minimum atomic E-state index is -2.14. The average molecular weight is 797 g/mol. The number of hydrogen-bond donors (Lipinski definition) is 2. The number of fused-ring (bicyclic) bond motifs is 3. The topological polar surface area (TPSA) is 152 Å². The number of hydrogen-bond acceptors (Lipinski definition) is 10. The molecule has 0 radical (unpaired) electrons. The van der Waals surface area contributed by atoms with Gasteiger partial charge in [-0.05, 0) is 83.8 Å². The van der Waals surface area contributed by atoms with Crippen LogP contribution in [0.15, 0.2) is 115 Å². The Morgan fingerprint density at radius 2 is 1.59 bits per heavy atom. The number of aliphatic carboxylic acids is 1. The molecule has 1 spiro atoms. The number of anilines is 1. The lowest BCUT2D eigenvalue weighted by atomic mass is 9.65. The van der Waals surface area contributed by atoms with Crippen molar-refractivity contribution in [2.24, 2.45) is 5.92 Å². The molecule has 3 heterocycles. The van der Waals surface area contributed by atoms with Gasteiger partial charge in [-0.2, -0.15) is 0 Å². The van der Waals surface area contributed by atoms with Crippen molar-refractivity contribution >= 4 is 29.6 Å². The van der Waals surface area contributed by atoms with E-state index >= 15 is 4.79 Å². The molecule has 4 aliphatic rings. The fourth-order valence-electron chi connectivity index (χ4n) is 9.26. The zero-order valence-corrected chi connectivity index (χ0v) is 32.5. The van der Waals surface area contributed by atoms with Gasteiger partial charge in [-0.15, -0.1) is 0 Å². The van der Waals surface area contributed by atoms with E-state index in [4.69, 9.17) is 18.9 Å². The summed E-state index contributed by atoms with van der Waals surface area (Å²) >= 11 is 0. The van der Waals surface area contributed by atoms with Crippen LogP contribution in [0.2, 0.25) is 0 Å². The second-order valence-electron chi connectivity index (χ2n) is 15.0. The van der Waals surface area contributed by atoms with Crippen molar-refractivity contribution in [2.75, 3.05) is 38.4 Å². The molecule has 0 bridgehead atoms. The Bertz CT molecular complexity index is 2340. The monoisotopic (exact) mass is 796 g/mol. The number of methoxy groups -OCH3 is 1. The first-order valence-electron chi connectivity index (χ1n) is 19.8. The van der Waals surface area contributed by atoms with Gasteiger partial charge < -0.3 is 29.2 Å². The number of aliphatic hydroxyl groups excluding tert-OH is 1. The molecular formula is C47H44N2O10. The molecule has 6 unspecified atom stereocenters. The Kier molecular flexibility index (Phi) is 11.3. The highest BCUT2D eigenvalue weighted by Crippen LogP contribution is 2.66. The summed E-state index contributed by atoms with van der Waals surface area (Å²) in [6, 6.07) is 26.8. The molecule has 8 rings (SSSR count). The highest BCUT2D eigenvalue weighted by molar-refractivity contribution is 6.23. The number of esters is 1. The minimum Gasteiger partial charge on any atom is -0.491 e. The second-order valence-corrected chi connectivity index (χ2v) is 15.0. The van der Waals surface area contributed by atoms with Gasteiger partial charge in [0.05, 0.1) is 31.0 Å². The number of aliphatic hydroxyl groups is 1. The van der Waals surface area contributed by atoms with Crippen LogP contribution in [0.5, 0.6) is 5.75 Å². The maximum atomic E-state index is 15.8. The SMILES string of the molecule is COCCOC(=O)N1C(=O)C2(c3cc(C#CC4=CCCCC4)ccc31)C(C(=O)O)C1C(=O)OC(c3ccccc3)C(c3ccccc3)N1C2c1cccc(OCCO)c1. The first-order valence-corrected chi connectivity index (χ1v) is 19.8. The summed E-state index contributed by atoms with van der Waals surface area (Å²) in [5, 5.41) is 21.2. The third-order valence-corrected chi connectivity index (χ3v) is 11.6. The number of ether oxygens (including phenoxy) is 4. The Labute approximate surface area is 341 Å². The maximum Gasteiger partial charge on any atom is 0.421 e. The summed E-state index contributed by atoms with van der Waals surface area (Å²) in [6.45, 7) is -0.412. The number of carbonyl (C=O) groups excluding carboxylic acids is 3. The van der Waals surface area contributed by atoms with Gasteiger partial charge in [0, 0.05) is 12.7 Å². The van der Waals surface area contributed by atoms with E-state index in [0.29, 0.717) is 28.0 Å². The van der Waals surface area contributed by atoms with E-state index in [-0.39, 0.29) is 37.7 Å². The van der Waals surface area contributed by atoms with Crippen LogP contribution in [-0.2, 0) is 34.0 Å². The molecule has 4 aromatic rings. The maximum absolute atomic E-state index is 15.8. The predicted molar refractivity (Wildman–Crippen MR) is 215 cm³/mol. The minimum absolute atomic E-state index is 0.0281. The molecule has 2 fully saturated rings. The van der Waals surface area contributed by atoms with Crippen molar-refractivity contribution in [1.29, 1.82) is 0 Å². The molecule has 12 heteroatoms. The zero-order chi connectivity index (χ0) is 41.1. The number of rotatable bonds is 10. The van der Waals surface area contributed by atoms with Gasteiger partial charge in [-0.1, -0.05) is 90.7 Å². The lowest BCUT2D eigenvalue weighted by Gasteiger charge is -2.46. The van der Waals surface area contributed by atoms with E-state index in [1.54, 1.807) is 47.4 Å². The molecule has 0 saturated carbocycles. The van der Waals surface area contributed by atoms with Crippen LogP contribution in [0, 0.1) is 17.8 Å². The molecule has 6 atom stereocenters. The van der Waals surface area contributed by atoms with Gasteiger partial charge in [0.25, 0.3) is 0 Å². The van der Waals surface area contributed by atoms with Crippen molar-refractivity contribution in [3.05, 3.63) is 143 Å². The lowest BCUT2D eigenvalue weighted by Crippen LogP contribution is -2.53. The van der Waals surface area contributed by atoms with Crippen molar-refractivity contribution in [3.63, 3.8) is 0 Å². The van der Waals surface area contributed by atoms with Gasteiger partial charge in [-0.25, -0.2) is 9.69 Å². The number of imide groups is 1. The molecule has 2 saturated heterocycles.